The molecule has 194 valence electrons. The second-order valence-corrected chi connectivity index (χ2v) is 10.1. The Morgan fingerprint density at radius 2 is 2.03 bits per heavy atom. The second kappa shape index (κ2) is 10.7. The molecular weight excluding hydrogens is 460 g/mol. The molecular formula is C26H36N6O4. The van der Waals surface area contributed by atoms with Crippen molar-refractivity contribution in [2.45, 2.75) is 52.0 Å². The summed E-state index contributed by atoms with van der Waals surface area (Å²) in [5.41, 5.74) is 1.22. The van der Waals surface area contributed by atoms with E-state index in [1.807, 2.05) is 13.8 Å². The van der Waals surface area contributed by atoms with Crippen LogP contribution in [0, 0.1) is 5.41 Å². The number of aliphatic hydroxyl groups is 1. The van der Waals surface area contributed by atoms with Crippen LogP contribution in [0.3, 0.4) is 0 Å². The van der Waals surface area contributed by atoms with Crippen molar-refractivity contribution in [2.75, 3.05) is 49.0 Å². The summed E-state index contributed by atoms with van der Waals surface area (Å²) >= 11 is 0. The van der Waals surface area contributed by atoms with E-state index in [0.717, 1.165) is 18.7 Å². The van der Waals surface area contributed by atoms with Crippen LogP contribution in [-0.4, -0.2) is 66.8 Å². The summed E-state index contributed by atoms with van der Waals surface area (Å²) in [6.45, 7) is 4.98. The number of nitrogens with zero attached hydrogens (tertiary/aromatic N) is 4. The maximum Gasteiger partial charge on any atom is 0.251 e. The van der Waals surface area contributed by atoms with E-state index in [4.69, 9.17) is 14.8 Å². The van der Waals surface area contributed by atoms with Crippen molar-refractivity contribution in [3.8, 4) is 5.75 Å². The lowest BCUT2D eigenvalue weighted by Gasteiger charge is -2.34. The van der Waals surface area contributed by atoms with E-state index in [1.54, 1.807) is 36.3 Å². The van der Waals surface area contributed by atoms with Crippen LogP contribution < -0.4 is 25.2 Å². The first-order valence-electron chi connectivity index (χ1n) is 12.5. The van der Waals surface area contributed by atoms with Gasteiger partial charge >= 0.3 is 0 Å². The smallest absolute Gasteiger partial charge is 0.251 e. The lowest BCUT2D eigenvalue weighted by atomic mass is 9.91. The highest BCUT2D eigenvalue weighted by Gasteiger charge is 2.41. The molecule has 3 N–H and O–H groups in total. The maximum absolute atomic E-state index is 13.2. The predicted molar refractivity (Wildman–Crippen MR) is 139 cm³/mol. The van der Waals surface area contributed by atoms with Gasteiger partial charge in [0.1, 0.15) is 11.4 Å². The number of methoxy groups -OCH3 is 1. The Hall–Kier alpha value is -3.40. The lowest BCUT2D eigenvalue weighted by molar-refractivity contribution is -0.125. The molecule has 10 heteroatoms. The number of hydrogen-bond donors (Lipinski definition) is 3. The standard InChI is InChI=1S/C26H36N6O4/c1-26(2)16-32(18-8-5-6-9-18)22-20(31(3)24(26)35)15-28-25(30-22)29-19-11-10-17(14-21(19)36-4)23(34)27-12-7-13-33/h10-11,14-15,18,33H,5-9,12-13,16H2,1-4H3,(H,27,34)(H,28,29,30). The van der Waals surface area contributed by atoms with Gasteiger partial charge in [0.25, 0.3) is 5.91 Å². The van der Waals surface area contributed by atoms with Crippen LogP contribution in [0.1, 0.15) is 56.3 Å². The SMILES string of the molecule is COc1cc(C(=O)NCCCO)ccc1Nc1ncc2c(n1)N(C1CCCC1)CC(C)(C)C(=O)N2C. The molecule has 0 spiro atoms. The number of anilines is 4. The molecule has 0 radical (unpaired) electrons. The van der Waals surface area contributed by atoms with Crippen LogP contribution in [0.25, 0.3) is 0 Å². The van der Waals surface area contributed by atoms with Crippen molar-refractivity contribution >= 4 is 35.0 Å². The first-order chi connectivity index (χ1) is 17.2. The minimum Gasteiger partial charge on any atom is -0.495 e. The van der Waals surface area contributed by atoms with E-state index in [1.165, 1.54) is 20.0 Å². The summed E-state index contributed by atoms with van der Waals surface area (Å²) < 4.78 is 5.53. The number of rotatable bonds is 8. The summed E-state index contributed by atoms with van der Waals surface area (Å²) in [5.74, 6) is 1.42. The van der Waals surface area contributed by atoms with Crippen LogP contribution in [0.4, 0.5) is 23.1 Å². The molecule has 0 saturated heterocycles. The van der Waals surface area contributed by atoms with Crippen LogP contribution in [0.15, 0.2) is 24.4 Å². The largest absolute Gasteiger partial charge is 0.495 e. The van der Waals surface area contributed by atoms with E-state index >= 15 is 0 Å². The molecule has 2 aliphatic rings. The first-order valence-corrected chi connectivity index (χ1v) is 12.5. The number of hydrogen-bond acceptors (Lipinski definition) is 8. The highest BCUT2D eigenvalue weighted by Crippen LogP contribution is 2.40. The van der Waals surface area contributed by atoms with Gasteiger partial charge in [0.2, 0.25) is 11.9 Å². The Bertz CT molecular complexity index is 1120. The molecule has 0 bridgehead atoms. The van der Waals surface area contributed by atoms with E-state index in [0.29, 0.717) is 54.2 Å². The summed E-state index contributed by atoms with van der Waals surface area (Å²) in [7, 11) is 3.32. The molecule has 2 aromatic rings. The predicted octanol–water partition coefficient (Wildman–Crippen LogP) is 3.09. The summed E-state index contributed by atoms with van der Waals surface area (Å²) in [6.07, 6.45) is 6.70. The average molecular weight is 497 g/mol. The molecule has 1 aromatic heterocycles. The Kier molecular flexibility index (Phi) is 7.63. The summed E-state index contributed by atoms with van der Waals surface area (Å²) in [4.78, 5) is 38.9. The monoisotopic (exact) mass is 496 g/mol. The Balaban J connectivity index is 1.64. The number of nitrogens with one attached hydrogen (secondary N) is 2. The zero-order valence-corrected chi connectivity index (χ0v) is 21.5. The van der Waals surface area contributed by atoms with Crippen LogP contribution in [-0.2, 0) is 4.79 Å². The molecule has 1 saturated carbocycles. The molecule has 1 aliphatic heterocycles. The van der Waals surface area contributed by atoms with E-state index in [-0.39, 0.29) is 18.4 Å². The van der Waals surface area contributed by atoms with Gasteiger partial charge in [-0.25, -0.2) is 4.98 Å². The average Bonchev–Trinajstić information content (AvgIpc) is 3.39. The molecule has 2 amide bonds. The van der Waals surface area contributed by atoms with Gasteiger partial charge in [0.15, 0.2) is 5.82 Å². The number of carbonyl (C=O) groups excluding carboxylic acids is 2. The van der Waals surface area contributed by atoms with Crippen molar-refractivity contribution < 1.29 is 19.4 Å². The van der Waals surface area contributed by atoms with Gasteiger partial charge < -0.3 is 30.3 Å². The van der Waals surface area contributed by atoms with Crippen molar-refractivity contribution in [1.82, 2.24) is 15.3 Å². The minimum absolute atomic E-state index is 0.0207. The van der Waals surface area contributed by atoms with Crippen LogP contribution >= 0.6 is 0 Å². The fraction of sp³-hybridized carbons (Fsp3) is 0.538. The van der Waals surface area contributed by atoms with E-state index in [2.05, 4.69) is 20.5 Å². The number of amides is 2. The quantitative estimate of drug-likeness (QED) is 0.477. The Morgan fingerprint density at radius 1 is 1.28 bits per heavy atom. The van der Waals surface area contributed by atoms with Crippen molar-refractivity contribution in [2.24, 2.45) is 5.41 Å². The van der Waals surface area contributed by atoms with Gasteiger partial charge in [0.05, 0.1) is 24.4 Å². The summed E-state index contributed by atoms with van der Waals surface area (Å²) in [5, 5.41) is 14.9. The van der Waals surface area contributed by atoms with Gasteiger partial charge in [0, 0.05) is 38.3 Å². The third-order valence-corrected chi connectivity index (χ3v) is 6.93. The molecule has 1 aromatic carbocycles. The zero-order valence-electron chi connectivity index (χ0n) is 21.5. The lowest BCUT2D eigenvalue weighted by Crippen LogP contribution is -2.45. The van der Waals surface area contributed by atoms with Crippen molar-refractivity contribution in [3.63, 3.8) is 0 Å². The van der Waals surface area contributed by atoms with Crippen LogP contribution in [0.2, 0.25) is 0 Å². The van der Waals surface area contributed by atoms with Gasteiger partial charge in [-0.2, -0.15) is 4.98 Å². The maximum atomic E-state index is 13.2. The van der Waals surface area contributed by atoms with Gasteiger partial charge in [-0.05, 0) is 51.3 Å². The van der Waals surface area contributed by atoms with Crippen molar-refractivity contribution in [3.05, 3.63) is 30.0 Å². The molecule has 10 nitrogen and oxygen atoms in total. The topological polar surface area (TPSA) is 120 Å². The molecule has 1 aliphatic carbocycles. The van der Waals surface area contributed by atoms with Gasteiger partial charge in [-0.1, -0.05) is 12.8 Å². The van der Waals surface area contributed by atoms with Gasteiger partial charge in [-0.15, -0.1) is 0 Å². The van der Waals surface area contributed by atoms with Gasteiger partial charge in [-0.3, -0.25) is 9.59 Å². The molecule has 2 heterocycles. The van der Waals surface area contributed by atoms with E-state index in [9.17, 15) is 9.59 Å². The zero-order chi connectivity index (χ0) is 25.9. The van der Waals surface area contributed by atoms with Crippen LogP contribution in [0.5, 0.6) is 5.75 Å². The Labute approximate surface area is 212 Å². The molecule has 4 rings (SSSR count). The second-order valence-electron chi connectivity index (χ2n) is 10.1. The number of aliphatic hydroxyl groups excluding tert-OH is 1. The third kappa shape index (κ3) is 5.23. The summed E-state index contributed by atoms with van der Waals surface area (Å²) in [6, 6.07) is 5.44. The number of aromatic nitrogens is 2. The number of ether oxygens (including phenoxy) is 1. The third-order valence-electron chi connectivity index (χ3n) is 6.93. The number of benzene rings is 1. The molecule has 1 fully saturated rings. The molecule has 0 unspecified atom stereocenters. The Morgan fingerprint density at radius 3 is 2.72 bits per heavy atom. The number of carbonyl (C=O) groups is 2. The normalized spacial score (nSPS) is 17.5. The molecule has 0 atom stereocenters. The number of fused-ring (bicyclic) bond motifs is 1. The first kappa shape index (κ1) is 25.7. The highest BCUT2D eigenvalue weighted by atomic mass is 16.5. The molecule has 36 heavy (non-hydrogen) atoms. The fourth-order valence-electron chi connectivity index (χ4n) is 4.96. The van der Waals surface area contributed by atoms with Crippen molar-refractivity contribution in [1.29, 1.82) is 0 Å². The van der Waals surface area contributed by atoms with E-state index < -0.39 is 5.41 Å². The minimum atomic E-state index is -0.553. The highest BCUT2D eigenvalue weighted by molar-refractivity contribution is 6.01. The fourth-order valence-corrected chi connectivity index (χ4v) is 4.96.